The van der Waals surface area contributed by atoms with E-state index in [1.54, 1.807) is 30.3 Å². The van der Waals surface area contributed by atoms with Gasteiger partial charge in [-0.05, 0) is 37.0 Å². The summed E-state index contributed by atoms with van der Waals surface area (Å²) in [6.07, 6.45) is 2.36. The van der Waals surface area contributed by atoms with Crippen LogP contribution in [0, 0.1) is 5.92 Å². The highest BCUT2D eigenvalue weighted by molar-refractivity contribution is 7.89. The lowest BCUT2D eigenvalue weighted by molar-refractivity contribution is -0.130. The van der Waals surface area contributed by atoms with Crippen molar-refractivity contribution in [3.05, 3.63) is 66.2 Å². The molecule has 2 aromatic carbocycles. The van der Waals surface area contributed by atoms with Crippen LogP contribution >= 0.6 is 0 Å². The van der Waals surface area contributed by atoms with Crippen molar-refractivity contribution in [3.63, 3.8) is 0 Å². The lowest BCUT2D eigenvalue weighted by Gasteiger charge is -2.32. The quantitative estimate of drug-likeness (QED) is 0.695. The van der Waals surface area contributed by atoms with Gasteiger partial charge in [0.2, 0.25) is 21.8 Å². The number of nitrogens with zero attached hydrogens (tertiary/aromatic N) is 2. The molecule has 0 bridgehead atoms. The molecule has 2 heterocycles. The third kappa shape index (κ3) is 5.02. The van der Waals surface area contributed by atoms with Gasteiger partial charge >= 0.3 is 0 Å². The van der Waals surface area contributed by atoms with Gasteiger partial charge in [0.15, 0.2) is 0 Å². The summed E-state index contributed by atoms with van der Waals surface area (Å²) < 4.78 is 27.1. The number of benzene rings is 2. The van der Waals surface area contributed by atoms with Gasteiger partial charge in [0.25, 0.3) is 0 Å². The number of likely N-dealkylation sites (tertiary alicyclic amines) is 1. The summed E-state index contributed by atoms with van der Waals surface area (Å²) in [4.78, 5) is 27.3. The van der Waals surface area contributed by atoms with Gasteiger partial charge in [-0.3, -0.25) is 9.59 Å². The predicted molar refractivity (Wildman–Crippen MR) is 121 cm³/mol. The Morgan fingerprint density at radius 3 is 2.19 bits per heavy atom. The maximum Gasteiger partial charge on any atom is 0.243 e. The van der Waals surface area contributed by atoms with Gasteiger partial charge in [0.05, 0.1) is 10.9 Å². The van der Waals surface area contributed by atoms with Crippen molar-refractivity contribution in [3.8, 4) is 0 Å². The van der Waals surface area contributed by atoms with Crippen LogP contribution in [-0.2, 0) is 19.6 Å². The van der Waals surface area contributed by atoms with E-state index in [0.717, 1.165) is 12.0 Å². The van der Waals surface area contributed by atoms with E-state index in [1.807, 2.05) is 35.2 Å². The first-order chi connectivity index (χ1) is 15.4. The van der Waals surface area contributed by atoms with E-state index in [1.165, 1.54) is 4.31 Å². The van der Waals surface area contributed by atoms with Crippen LogP contribution in [0.5, 0.6) is 0 Å². The van der Waals surface area contributed by atoms with Crippen molar-refractivity contribution < 1.29 is 18.0 Å². The van der Waals surface area contributed by atoms with Crippen molar-refractivity contribution in [2.24, 2.45) is 5.92 Å². The maximum absolute atomic E-state index is 13.1. The van der Waals surface area contributed by atoms with Gasteiger partial charge in [-0.1, -0.05) is 48.5 Å². The molecule has 0 radical (unpaired) electrons. The molecule has 1 atom stereocenters. The molecule has 4 rings (SSSR count). The Morgan fingerprint density at radius 1 is 0.969 bits per heavy atom. The molecule has 2 aromatic rings. The van der Waals surface area contributed by atoms with Crippen LogP contribution in [0.2, 0.25) is 0 Å². The second kappa shape index (κ2) is 9.83. The van der Waals surface area contributed by atoms with Crippen LogP contribution in [0.15, 0.2) is 65.6 Å². The lowest BCUT2D eigenvalue weighted by atomic mass is 9.96. The molecule has 2 aliphatic rings. The van der Waals surface area contributed by atoms with E-state index < -0.39 is 10.0 Å². The number of carbonyl (C=O) groups excluding carboxylic acids is 2. The minimum atomic E-state index is -3.54. The molecule has 2 fully saturated rings. The van der Waals surface area contributed by atoms with Crippen LogP contribution in [0.3, 0.4) is 0 Å². The Hall–Kier alpha value is -2.71. The number of carbonyl (C=O) groups is 2. The second-order valence-electron chi connectivity index (χ2n) is 8.41. The third-order valence-electron chi connectivity index (χ3n) is 6.30. The average Bonchev–Trinajstić information content (AvgIpc) is 3.24. The van der Waals surface area contributed by atoms with Gasteiger partial charge in [0, 0.05) is 38.5 Å². The molecule has 170 valence electrons. The van der Waals surface area contributed by atoms with E-state index in [-0.39, 0.29) is 28.7 Å². The fourth-order valence-electron chi connectivity index (χ4n) is 4.43. The highest BCUT2D eigenvalue weighted by Gasteiger charge is 2.33. The summed E-state index contributed by atoms with van der Waals surface area (Å²) in [6.45, 7) is 1.80. The summed E-state index contributed by atoms with van der Waals surface area (Å²) in [6, 6.07) is 17.8. The van der Waals surface area contributed by atoms with E-state index >= 15 is 0 Å². The molecule has 7 nitrogen and oxygen atoms in total. The van der Waals surface area contributed by atoms with Crippen LogP contribution in [0.25, 0.3) is 0 Å². The standard InChI is InChI=1S/C24H29N3O4S/c28-23-12-7-15-26(23)18-22(19-8-3-1-4-9-19)25-24(29)20-13-16-27(17-14-20)32(30,31)21-10-5-2-6-11-21/h1-6,8-11,20,22H,7,12-18H2,(H,25,29). The Balaban J connectivity index is 1.39. The SMILES string of the molecule is O=C(NC(CN1CCCC1=O)c1ccccc1)C1CCN(S(=O)(=O)c2ccccc2)CC1. The zero-order chi connectivity index (χ0) is 22.6. The number of hydrogen-bond acceptors (Lipinski definition) is 4. The molecule has 1 unspecified atom stereocenters. The Labute approximate surface area is 189 Å². The van der Waals surface area contributed by atoms with Crippen LogP contribution in [-0.4, -0.2) is 55.6 Å². The van der Waals surface area contributed by atoms with E-state index in [2.05, 4.69) is 5.32 Å². The minimum Gasteiger partial charge on any atom is -0.347 e. The molecule has 1 N–H and O–H groups in total. The topological polar surface area (TPSA) is 86.8 Å². The van der Waals surface area contributed by atoms with Gasteiger partial charge in [0.1, 0.15) is 0 Å². The number of piperidine rings is 1. The smallest absolute Gasteiger partial charge is 0.243 e. The molecule has 0 spiro atoms. The summed E-state index contributed by atoms with van der Waals surface area (Å²) in [5, 5.41) is 3.13. The highest BCUT2D eigenvalue weighted by Crippen LogP contribution is 2.25. The van der Waals surface area contributed by atoms with Crippen LogP contribution < -0.4 is 5.32 Å². The summed E-state index contributed by atoms with van der Waals surface area (Å²) >= 11 is 0. The molecule has 8 heteroatoms. The van der Waals surface area contributed by atoms with Crippen molar-refractivity contribution in [2.45, 2.75) is 36.6 Å². The first-order valence-corrected chi connectivity index (χ1v) is 12.6. The van der Waals surface area contributed by atoms with E-state index in [9.17, 15) is 18.0 Å². The van der Waals surface area contributed by atoms with Crippen molar-refractivity contribution in [2.75, 3.05) is 26.2 Å². The summed E-state index contributed by atoms with van der Waals surface area (Å²) in [5.74, 6) is -0.209. The fourth-order valence-corrected chi connectivity index (χ4v) is 5.92. The molecule has 0 aromatic heterocycles. The van der Waals surface area contributed by atoms with E-state index in [0.29, 0.717) is 45.4 Å². The van der Waals surface area contributed by atoms with Gasteiger partial charge in [-0.2, -0.15) is 4.31 Å². The molecule has 0 saturated carbocycles. The number of sulfonamides is 1. The highest BCUT2D eigenvalue weighted by atomic mass is 32.2. The Bertz CT molecular complexity index is 1040. The first-order valence-electron chi connectivity index (χ1n) is 11.1. The Kier molecular flexibility index (Phi) is 6.91. The normalized spacial score (nSPS) is 19.1. The summed E-state index contributed by atoms with van der Waals surface area (Å²) in [5.41, 5.74) is 0.963. The summed E-state index contributed by atoms with van der Waals surface area (Å²) in [7, 11) is -3.54. The third-order valence-corrected chi connectivity index (χ3v) is 8.21. The molecule has 2 amide bonds. The Morgan fingerprint density at radius 2 is 1.59 bits per heavy atom. The largest absolute Gasteiger partial charge is 0.347 e. The van der Waals surface area contributed by atoms with Crippen LogP contribution in [0.1, 0.15) is 37.3 Å². The maximum atomic E-state index is 13.1. The number of hydrogen-bond donors (Lipinski definition) is 1. The van der Waals surface area contributed by atoms with Gasteiger partial charge in [-0.25, -0.2) is 8.42 Å². The number of rotatable bonds is 7. The van der Waals surface area contributed by atoms with Gasteiger partial charge < -0.3 is 10.2 Å². The number of nitrogens with one attached hydrogen (secondary N) is 1. The monoisotopic (exact) mass is 455 g/mol. The average molecular weight is 456 g/mol. The van der Waals surface area contributed by atoms with Gasteiger partial charge in [-0.15, -0.1) is 0 Å². The van der Waals surface area contributed by atoms with Crippen LogP contribution in [0.4, 0.5) is 0 Å². The molecule has 2 saturated heterocycles. The molecular formula is C24H29N3O4S. The minimum absolute atomic E-state index is 0.0812. The second-order valence-corrected chi connectivity index (χ2v) is 10.3. The van der Waals surface area contributed by atoms with Crippen molar-refractivity contribution in [1.29, 1.82) is 0 Å². The van der Waals surface area contributed by atoms with Crippen molar-refractivity contribution in [1.82, 2.24) is 14.5 Å². The first kappa shape index (κ1) is 22.5. The molecule has 0 aliphatic carbocycles. The zero-order valence-corrected chi connectivity index (χ0v) is 18.8. The van der Waals surface area contributed by atoms with E-state index in [4.69, 9.17) is 0 Å². The predicted octanol–water partition coefficient (Wildman–Crippen LogP) is 2.57. The molecule has 2 aliphatic heterocycles. The lowest BCUT2D eigenvalue weighted by Crippen LogP contribution is -2.45. The molecule has 32 heavy (non-hydrogen) atoms. The van der Waals surface area contributed by atoms with Crippen molar-refractivity contribution >= 4 is 21.8 Å². The zero-order valence-electron chi connectivity index (χ0n) is 18.0. The fraction of sp³-hybridized carbons (Fsp3) is 0.417. The molecular weight excluding hydrogens is 426 g/mol. The number of amides is 2.